The molecular formula is C16H18N6O2. The number of nitrogens with zero attached hydrogens (tertiary/aromatic N) is 5. The first-order valence-corrected chi connectivity index (χ1v) is 8.19. The third kappa shape index (κ3) is 2.53. The van der Waals surface area contributed by atoms with Crippen LogP contribution in [-0.4, -0.2) is 30.6 Å². The number of amides is 1. The average molecular weight is 326 g/mol. The number of fused-ring (bicyclic) bond motifs is 1. The van der Waals surface area contributed by atoms with E-state index in [1.165, 1.54) is 0 Å². The average Bonchev–Trinajstić information content (AvgIpc) is 3.18. The number of nitrogens with one attached hydrogen (secondary N) is 1. The molecule has 0 aromatic carbocycles. The third-order valence-corrected chi connectivity index (χ3v) is 4.42. The maximum absolute atomic E-state index is 12.0. The van der Waals surface area contributed by atoms with Gasteiger partial charge in [0.1, 0.15) is 0 Å². The van der Waals surface area contributed by atoms with Crippen molar-refractivity contribution in [2.24, 2.45) is 5.92 Å². The van der Waals surface area contributed by atoms with E-state index in [1.54, 1.807) is 0 Å². The number of pyridine rings is 1. The first-order valence-electron chi connectivity index (χ1n) is 8.19. The van der Waals surface area contributed by atoms with Gasteiger partial charge in [-0.05, 0) is 25.0 Å². The van der Waals surface area contributed by atoms with Gasteiger partial charge in [-0.25, -0.2) is 0 Å². The lowest BCUT2D eigenvalue weighted by atomic mass is 9.85. The molecule has 0 bridgehead atoms. The monoisotopic (exact) mass is 326 g/mol. The summed E-state index contributed by atoms with van der Waals surface area (Å²) in [6.07, 6.45) is 5.67. The second-order valence-electron chi connectivity index (χ2n) is 5.95. The van der Waals surface area contributed by atoms with Crippen molar-refractivity contribution in [2.75, 3.05) is 0 Å². The fraction of sp³-hybridized carbons (Fsp3) is 0.438. The number of rotatable bonds is 5. The summed E-state index contributed by atoms with van der Waals surface area (Å²) in [6.45, 7) is 2.32. The molecule has 1 aliphatic carbocycles. The fourth-order valence-corrected chi connectivity index (χ4v) is 2.74. The smallest absolute Gasteiger partial charge is 0.261 e. The summed E-state index contributed by atoms with van der Waals surface area (Å²) in [5, 5.41) is 15.3. The molecule has 3 heterocycles. The minimum Gasteiger partial charge on any atom is -0.349 e. The minimum absolute atomic E-state index is 0.0960. The summed E-state index contributed by atoms with van der Waals surface area (Å²) in [7, 11) is 0. The van der Waals surface area contributed by atoms with Crippen LogP contribution in [0, 0.1) is 5.92 Å². The van der Waals surface area contributed by atoms with Crippen LogP contribution in [0.1, 0.15) is 37.8 Å². The van der Waals surface area contributed by atoms with Crippen molar-refractivity contribution >= 4 is 11.6 Å². The molecule has 0 unspecified atom stereocenters. The van der Waals surface area contributed by atoms with Crippen molar-refractivity contribution in [3.05, 3.63) is 30.0 Å². The largest absolute Gasteiger partial charge is 0.349 e. The van der Waals surface area contributed by atoms with E-state index in [4.69, 9.17) is 4.52 Å². The van der Waals surface area contributed by atoms with Gasteiger partial charge in [-0.15, -0.1) is 10.2 Å². The molecule has 24 heavy (non-hydrogen) atoms. The van der Waals surface area contributed by atoms with Crippen molar-refractivity contribution in [3.8, 4) is 11.5 Å². The van der Waals surface area contributed by atoms with E-state index in [9.17, 15) is 4.79 Å². The molecule has 1 amide bonds. The highest BCUT2D eigenvalue weighted by atomic mass is 16.5. The maximum atomic E-state index is 12.0. The summed E-state index contributed by atoms with van der Waals surface area (Å²) >= 11 is 0. The van der Waals surface area contributed by atoms with E-state index in [2.05, 4.69) is 25.7 Å². The highest BCUT2D eigenvalue weighted by molar-refractivity contribution is 5.79. The normalized spacial score (nSPS) is 14.7. The Hall–Kier alpha value is -2.77. The number of carbonyl (C=O) groups excluding carboxylic acids is 1. The zero-order valence-corrected chi connectivity index (χ0v) is 13.4. The topological polar surface area (TPSA) is 98.2 Å². The Balaban J connectivity index is 1.59. The van der Waals surface area contributed by atoms with E-state index in [0.717, 1.165) is 24.8 Å². The van der Waals surface area contributed by atoms with Crippen LogP contribution < -0.4 is 5.32 Å². The molecule has 8 heteroatoms. The highest BCUT2D eigenvalue weighted by Crippen LogP contribution is 2.26. The van der Waals surface area contributed by atoms with Crippen molar-refractivity contribution in [2.45, 2.75) is 39.2 Å². The van der Waals surface area contributed by atoms with Crippen LogP contribution in [0.2, 0.25) is 0 Å². The maximum Gasteiger partial charge on any atom is 0.261 e. The van der Waals surface area contributed by atoms with Gasteiger partial charge in [-0.3, -0.25) is 9.20 Å². The summed E-state index contributed by atoms with van der Waals surface area (Å²) in [4.78, 5) is 16.3. The molecule has 3 aromatic heterocycles. The van der Waals surface area contributed by atoms with Crippen LogP contribution in [0.3, 0.4) is 0 Å². The SMILES string of the molecule is CCc1noc(-c2cccn3c(CNC(=O)C4CCC4)nnc23)n1. The molecule has 1 fully saturated rings. The van der Waals surface area contributed by atoms with Crippen LogP contribution in [-0.2, 0) is 17.8 Å². The van der Waals surface area contributed by atoms with Crippen molar-refractivity contribution in [3.63, 3.8) is 0 Å². The first-order chi connectivity index (χ1) is 11.8. The molecule has 124 valence electrons. The number of hydrogen-bond acceptors (Lipinski definition) is 6. The number of hydrogen-bond donors (Lipinski definition) is 1. The van der Waals surface area contributed by atoms with Gasteiger partial charge in [0, 0.05) is 18.5 Å². The molecular weight excluding hydrogens is 308 g/mol. The van der Waals surface area contributed by atoms with Crippen LogP contribution in [0.15, 0.2) is 22.9 Å². The second-order valence-corrected chi connectivity index (χ2v) is 5.95. The van der Waals surface area contributed by atoms with E-state index >= 15 is 0 Å². The van der Waals surface area contributed by atoms with Gasteiger partial charge in [0.25, 0.3) is 5.89 Å². The second kappa shape index (κ2) is 6.03. The standard InChI is InChI=1S/C16H18N6O2/c1-2-12-18-16(24-21-12)11-7-4-8-22-13(19-20-14(11)22)9-17-15(23)10-5-3-6-10/h4,7-8,10H,2-3,5-6,9H2,1H3,(H,17,23). The van der Waals surface area contributed by atoms with Crippen molar-refractivity contribution in [1.82, 2.24) is 30.1 Å². The molecule has 4 rings (SSSR count). The Morgan fingerprint density at radius 2 is 2.29 bits per heavy atom. The van der Waals surface area contributed by atoms with Gasteiger partial charge in [-0.1, -0.05) is 18.5 Å². The van der Waals surface area contributed by atoms with Gasteiger partial charge in [0.15, 0.2) is 17.3 Å². The van der Waals surface area contributed by atoms with Gasteiger partial charge < -0.3 is 9.84 Å². The lowest BCUT2D eigenvalue weighted by Crippen LogP contribution is -2.34. The Morgan fingerprint density at radius 3 is 3.00 bits per heavy atom. The molecule has 1 N–H and O–H groups in total. The van der Waals surface area contributed by atoms with Crippen molar-refractivity contribution < 1.29 is 9.32 Å². The molecule has 3 aromatic rings. The predicted octanol–water partition coefficient (Wildman–Crippen LogP) is 1.76. The predicted molar refractivity (Wildman–Crippen MR) is 84.8 cm³/mol. The summed E-state index contributed by atoms with van der Waals surface area (Å²) in [5.41, 5.74) is 1.37. The Labute approximate surface area is 138 Å². The fourth-order valence-electron chi connectivity index (χ4n) is 2.74. The Bertz CT molecular complexity index is 880. The lowest BCUT2D eigenvalue weighted by molar-refractivity contribution is -0.127. The minimum atomic E-state index is 0.0960. The zero-order chi connectivity index (χ0) is 16.5. The van der Waals surface area contributed by atoms with E-state index in [1.807, 2.05) is 29.7 Å². The van der Waals surface area contributed by atoms with Crippen LogP contribution in [0.4, 0.5) is 0 Å². The number of aryl methyl sites for hydroxylation is 1. The molecule has 0 saturated heterocycles. The molecule has 0 aliphatic heterocycles. The summed E-state index contributed by atoms with van der Waals surface area (Å²) in [5.74, 6) is 2.01. The Morgan fingerprint density at radius 1 is 1.42 bits per heavy atom. The van der Waals surface area contributed by atoms with Crippen molar-refractivity contribution in [1.29, 1.82) is 0 Å². The van der Waals surface area contributed by atoms with Gasteiger partial charge in [0.2, 0.25) is 5.91 Å². The molecule has 1 aliphatic rings. The third-order valence-electron chi connectivity index (χ3n) is 4.42. The quantitative estimate of drug-likeness (QED) is 0.767. The highest BCUT2D eigenvalue weighted by Gasteiger charge is 2.25. The molecule has 8 nitrogen and oxygen atoms in total. The zero-order valence-electron chi connectivity index (χ0n) is 13.4. The Kier molecular flexibility index (Phi) is 3.72. The van der Waals surface area contributed by atoms with Gasteiger partial charge in [-0.2, -0.15) is 4.98 Å². The van der Waals surface area contributed by atoms with E-state index in [0.29, 0.717) is 36.2 Å². The molecule has 0 radical (unpaired) electrons. The summed E-state index contributed by atoms with van der Waals surface area (Å²) in [6, 6.07) is 3.74. The van der Waals surface area contributed by atoms with Crippen LogP contribution >= 0.6 is 0 Å². The lowest BCUT2D eigenvalue weighted by Gasteiger charge is -2.23. The van der Waals surface area contributed by atoms with Gasteiger partial charge in [0.05, 0.1) is 12.1 Å². The van der Waals surface area contributed by atoms with E-state index in [-0.39, 0.29) is 11.8 Å². The van der Waals surface area contributed by atoms with Gasteiger partial charge >= 0.3 is 0 Å². The molecule has 0 spiro atoms. The number of aromatic nitrogens is 5. The molecule has 0 atom stereocenters. The van der Waals surface area contributed by atoms with Crippen LogP contribution in [0.5, 0.6) is 0 Å². The van der Waals surface area contributed by atoms with Crippen LogP contribution in [0.25, 0.3) is 17.1 Å². The molecule has 1 saturated carbocycles. The summed E-state index contributed by atoms with van der Waals surface area (Å²) < 4.78 is 7.14. The van der Waals surface area contributed by atoms with E-state index < -0.39 is 0 Å². The number of carbonyl (C=O) groups is 1. The first kappa shape index (κ1) is 14.8.